The number of aromatic nitrogens is 1. The number of halogens is 1. The normalized spacial score (nSPS) is 12.3. The van der Waals surface area contributed by atoms with Gasteiger partial charge in [0, 0.05) is 34.3 Å². The molecule has 0 bridgehead atoms. The molecule has 0 fully saturated rings. The van der Waals surface area contributed by atoms with E-state index in [1.54, 1.807) is 24.5 Å². The predicted octanol–water partition coefficient (Wildman–Crippen LogP) is 2.10. The van der Waals surface area contributed by atoms with Crippen LogP contribution in [0.1, 0.15) is 11.6 Å². The van der Waals surface area contributed by atoms with E-state index < -0.39 is 0 Å². The molecule has 1 atom stereocenters. The zero-order valence-electron chi connectivity index (χ0n) is 10.2. The first-order valence-electron chi connectivity index (χ1n) is 5.74. The number of benzene rings is 1. The van der Waals surface area contributed by atoms with Crippen LogP contribution in [0.5, 0.6) is 0 Å². The molecule has 0 spiro atoms. The van der Waals surface area contributed by atoms with Crippen LogP contribution in [-0.4, -0.2) is 10.7 Å². The number of pyridine rings is 1. The average molecular weight is 278 g/mol. The topological polar surface area (TPSA) is 77.0 Å². The number of anilines is 1. The van der Waals surface area contributed by atoms with E-state index in [0.29, 0.717) is 11.4 Å². The lowest BCUT2D eigenvalue weighted by Gasteiger charge is -2.17. The van der Waals surface area contributed by atoms with Crippen molar-refractivity contribution in [2.45, 2.75) is 10.9 Å². The fourth-order valence-electron chi connectivity index (χ4n) is 1.67. The number of hydrogen-bond acceptors (Lipinski definition) is 5. The summed E-state index contributed by atoms with van der Waals surface area (Å²) in [6, 6.07) is 8.04. The Morgan fingerprint density at radius 3 is 2.89 bits per heavy atom. The molecule has 100 valence electrons. The second-order valence-electron chi connectivity index (χ2n) is 3.99. The zero-order valence-corrected chi connectivity index (χ0v) is 11.0. The minimum atomic E-state index is -0.247. The fourth-order valence-corrected chi connectivity index (χ4v) is 2.68. The van der Waals surface area contributed by atoms with E-state index in [9.17, 15) is 4.39 Å². The van der Waals surface area contributed by atoms with E-state index in [4.69, 9.17) is 11.6 Å². The van der Waals surface area contributed by atoms with E-state index in [0.717, 1.165) is 10.5 Å². The first-order chi connectivity index (χ1) is 9.20. The highest BCUT2D eigenvalue weighted by Crippen LogP contribution is 2.26. The minimum Gasteiger partial charge on any atom is -0.398 e. The summed E-state index contributed by atoms with van der Waals surface area (Å²) in [6.45, 7) is 0. The second kappa shape index (κ2) is 6.51. The van der Waals surface area contributed by atoms with Crippen LogP contribution in [0, 0.1) is 5.82 Å². The van der Waals surface area contributed by atoms with Gasteiger partial charge in [-0.1, -0.05) is 6.07 Å². The van der Waals surface area contributed by atoms with Gasteiger partial charge in [-0.25, -0.2) is 4.39 Å². The van der Waals surface area contributed by atoms with E-state index in [2.05, 4.69) is 10.4 Å². The van der Waals surface area contributed by atoms with Crippen LogP contribution in [0.25, 0.3) is 0 Å². The van der Waals surface area contributed by atoms with Crippen LogP contribution < -0.4 is 17.0 Å². The van der Waals surface area contributed by atoms with Gasteiger partial charge >= 0.3 is 0 Å². The summed E-state index contributed by atoms with van der Waals surface area (Å²) in [7, 11) is 0. The van der Waals surface area contributed by atoms with Crippen molar-refractivity contribution >= 4 is 17.4 Å². The Hall–Kier alpha value is -1.63. The van der Waals surface area contributed by atoms with Crippen molar-refractivity contribution in [1.29, 1.82) is 0 Å². The molecular formula is C13H15FN4S. The highest BCUT2D eigenvalue weighted by Gasteiger charge is 2.13. The molecule has 4 nitrogen and oxygen atoms in total. The molecule has 2 rings (SSSR count). The summed E-state index contributed by atoms with van der Waals surface area (Å²) >= 11 is 1.50. The lowest BCUT2D eigenvalue weighted by atomic mass is 10.1. The van der Waals surface area contributed by atoms with E-state index in [1.165, 1.54) is 23.9 Å². The van der Waals surface area contributed by atoms with Gasteiger partial charge < -0.3 is 5.73 Å². The van der Waals surface area contributed by atoms with Crippen LogP contribution in [0.4, 0.5) is 10.1 Å². The van der Waals surface area contributed by atoms with Crippen molar-refractivity contribution in [2.24, 2.45) is 5.84 Å². The summed E-state index contributed by atoms with van der Waals surface area (Å²) in [6.07, 6.45) is 3.32. The third-order valence-electron chi connectivity index (χ3n) is 2.68. The van der Waals surface area contributed by atoms with Crippen molar-refractivity contribution in [3.05, 3.63) is 54.1 Å². The van der Waals surface area contributed by atoms with E-state index >= 15 is 0 Å². The second-order valence-corrected chi connectivity index (χ2v) is 5.09. The summed E-state index contributed by atoms with van der Waals surface area (Å²) in [5, 5.41) is 0. The number of hydrazine groups is 1. The molecular weight excluding hydrogens is 263 g/mol. The Balaban J connectivity index is 2.06. The SMILES string of the molecule is NNC(CSc1cccc(F)c1)c1cnccc1N. The summed E-state index contributed by atoms with van der Waals surface area (Å²) in [5.74, 6) is 5.93. The Bertz CT molecular complexity index is 550. The molecule has 1 aromatic heterocycles. The smallest absolute Gasteiger partial charge is 0.124 e. The Kier molecular flexibility index (Phi) is 4.73. The number of rotatable bonds is 5. The largest absolute Gasteiger partial charge is 0.398 e. The van der Waals surface area contributed by atoms with Gasteiger partial charge in [0.2, 0.25) is 0 Å². The van der Waals surface area contributed by atoms with Gasteiger partial charge in [-0.2, -0.15) is 0 Å². The zero-order chi connectivity index (χ0) is 13.7. The third kappa shape index (κ3) is 3.66. The molecule has 0 aliphatic heterocycles. The number of hydrogen-bond donors (Lipinski definition) is 3. The molecule has 5 N–H and O–H groups in total. The van der Waals surface area contributed by atoms with Crippen molar-refractivity contribution in [3.63, 3.8) is 0 Å². The van der Waals surface area contributed by atoms with Gasteiger partial charge in [-0.3, -0.25) is 16.3 Å². The first-order valence-corrected chi connectivity index (χ1v) is 6.73. The predicted molar refractivity (Wildman–Crippen MR) is 75.8 cm³/mol. The Labute approximate surface area is 115 Å². The van der Waals surface area contributed by atoms with Gasteiger partial charge in [0.1, 0.15) is 5.82 Å². The van der Waals surface area contributed by atoms with Gasteiger partial charge in [0.05, 0.1) is 6.04 Å². The van der Waals surface area contributed by atoms with Gasteiger partial charge in [-0.05, 0) is 24.3 Å². The van der Waals surface area contributed by atoms with Crippen LogP contribution in [0.3, 0.4) is 0 Å². The van der Waals surface area contributed by atoms with E-state index in [1.807, 2.05) is 6.07 Å². The van der Waals surface area contributed by atoms with Crippen LogP contribution >= 0.6 is 11.8 Å². The molecule has 1 unspecified atom stereocenters. The maximum atomic E-state index is 13.1. The first kappa shape index (κ1) is 13.8. The van der Waals surface area contributed by atoms with Crippen molar-refractivity contribution in [2.75, 3.05) is 11.5 Å². The molecule has 0 amide bonds. The van der Waals surface area contributed by atoms with Crippen LogP contribution in [0.2, 0.25) is 0 Å². The van der Waals surface area contributed by atoms with Gasteiger partial charge in [0.25, 0.3) is 0 Å². The molecule has 1 heterocycles. The lowest BCUT2D eigenvalue weighted by Crippen LogP contribution is -2.30. The summed E-state index contributed by atoms with van der Waals surface area (Å²) in [5.41, 5.74) is 10.1. The van der Waals surface area contributed by atoms with Crippen LogP contribution in [0.15, 0.2) is 47.6 Å². The maximum absolute atomic E-state index is 13.1. The number of nitrogens with one attached hydrogen (secondary N) is 1. The monoisotopic (exact) mass is 278 g/mol. The molecule has 6 heteroatoms. The molecule has 0 saturated heterocycles. The fraction of sp³-hybridized carbons (Fsp3) is 0.154. The van der Waals surface area contributed by atoms with Crippen molar-refractivity contribution in [1.82, 2.24) is 10.4 Å². The van der Waals surface area contributed by atoms with E-state index in [-0.39, 0.29) is 11.9 Å². The van der Waals surface area contributed by atoms with Gasteiger partial charge in [-0.15, -0.1) is 11.8 Å². The van der Waals surface area contributed by atoms with Gasteiger partial charge in [0.15, 0.2) is 0 Å². The lowest BCUT2D eigenvalue weighted by molar-refractivity contribution is 0.609. The average Bonchev–Trinajstić information content (AvgIpc) is 2.41. The highest BCUT2D eigenvalue weighted by molar-refractivity contribution is 7.99. The number of nitrogen functional groups attached to an aromatic ring is 1. The highest BCUT2D eigenvalue weighted by atomic mass is 32.2. The molecule has 0 radical (unpaired) electrons. The van der Waals surface area contributed by atoms with Crippen molar-refractivity contribution in [3.8, 4) is 0 Å². The molecule has 19 heavy (non-hydrogen) atoms. The number of nitrogens with zero attached hydrogens (tertiary/aromatic N) is 1. The minimum absolute atomic E-state index is 0.137. The number of thioether (sulfide) groups is 1. The third-order valence-corrected chi connectivity index (χ3v) is 3.76. The quantitative estimate of drug-likeness (QED) is 0.443. The maximum Gasteiger partial charge on any atom is 0.124 e. The molecule has 0 saturated carbocycles. The summed E-state index contributed by atoms with van der Waals surface area (Å²) in [4.78, 5) is 4.89. The molecule has 0 aliphatic carbocycles. The van der Waals surface area contributed by atoms with Crippen molar-refractivity contribution < 1.29 is 4.39 Å². The van der Waals surface area contributed by atoms with Crippen LogP contribution in [-0.2, 0) is 0 Å². The molecule has 0 aliphatic rings. The Morgan fingerprint density at radius 1 is 1.37 bits per heavy atom. The molecule has 2 aromatic rings. The summed E-state index contributed by atoms with van der Waals surface area (Å²) < 4.78 is 13.1. The Morgan fingerprint density at radius 2 is 2.21 bits per heavy atom. The standard InChI is InChI=1S/C13H15FN4S/c14-9-2-1-3-10(6-9)19-8-13(18-16)11-7-17-5-4-12(11)15/h1-7,13,18H,8,16H2,(H2,15,17). The molecule has 1 aromatic carbocycles. The number of nitrogens with two attached hydrogens (primary N) is 2.